The predicted octanol–water partition coefficient (Wildman–Crippen LogP) is 0.970. The van der Waals surface area contributed by atoms with Crippen LogP contribution in [-0.4, -0.2) is 21.4 Å². The van der Waals surface area contributed by atoms with Crippen molar-refractivity contribution >= 4 is 14.3 Å². The largest absolute Gasteiger partial charge is 1.00 e. The van der Waals surface area contributed by atoms with Crippen LogP contribution in [0.25, 0.3) is 0 Å². The van der Waals surface area contributed by atoms with E-state index in [1.807, 2.05) is 6.92 Å². The Morgan fingerprint density at radius 3 is 2.25 bits per heavy atom. The van der Waals surface area contributed by atoms with Gasteiger partial charge in [-0.2, -0.15) is 11.6 Å². The van der Waals surface area contributed by atoms with Crippen molar-refractivity contribution in [1.29, 1.82) is 0 Å². The third-order valence-electron chi connectivity index (χ3n) is 3.57. The van der Waals surface area contributed by atoms with E-state index in [1.54, 1.807) is 12.1 Å². The van der Waals surface area contributed by atoms with Crippen LogP contribution in [0.5, 0.6) is 5.75 Å². The Bertz CT molecular complexity index is 478. The van der Waals surface area contributed by atoms with Crippen LogP contribution >= 0.6 is 0 Å². The van der Waals surface area contributed by atoms with E-state index in [9.17, 15) is 4.79 Å². The maximum absolute atomic E-state index is 11.6. The molecule has 0 bridgehead atoms. The number of carbonyl (C=O) groups is 1. The van der Waals surface area contributed by atoms with Crippen molar-refractivity contribution in [2.24, 2.45) is 0 Å². The molecular formula is C15H23LiO3Si. The molecule has 3 nitrogen and oxygen atoms in total. The van der Waals surface area contributed by atoms with Crippen molar-refractivity contribution in [2.45, 2.75) is 45.8 Å². The predicted molar refractivity (Wildman–Crippen MR) is 79.2 cm³/mol. The number of benzene rings is 1. The number of carbonyl (C=O) groups excluding carboxylic acids is 1. The molecule has 0 aliphatic heterocycles. The van der Waals surface area contributed by atoms with Crippen LogP contribution in [0.3, 0.4) is 0 Å². The maximum atomic E-state index is 11.6. The fourth-order valence-corrected chi connectivity index (χ4v) is 2.37. The van der Waals surface area contributed by atoms with Gasteiger partial charge in [-0.3, -0.25) is 0 Å². The molecule has 1 rings (SSSR count). The quantitative estimate of drug-likeness (QED) is 0.472. The first-order valence-corrected chi connectivity index (χ1v) is 9.29. The van der Waals surface area contributed by atoms with Crippen molar-refractivity contribution in [3.05, 3.63) is 29.3 Å². The molecule has 0 aliphatic rings. The summed E-state index contributed by atoms with van der Waals surface area (Å²) in [5.74, 6) is 0.282. The molecule has 0 heterocycles. The minimum absolute atomic E-state index is 0. The minimum Gasteiger partial charge on any atom is -0.564 e. The Balaban J connectivity index is 0.00000361. The summed E-state index contributed by atoms with van der Waals surface area (Å²) >= 11 is 0. The van der Waals surface area contributed by atoms with Gasteiger partial charge in [-0.15, -0.1) is 12.1 Å². The zero-order chi connectivity index (χ0) is 14.8. The Morgan fingerprint density at radius 1 is 1.25 bits per heavy atom. The summed E-state index contributed by atoms with van der Waals surface area (Å²) in [5, 5.41) is 0.107. The summed E-state index contributed by atoms with van der Waals surface area (Å²) in [6, 6.07) is 6.62. The summed E-state index contributed by atoms with van der Waals surface area (Å²) in [6.45, 7) is 12.8. The van der Waals surface area contributed by atoms with Gasteiger partial charge in [0.15, 0.2) is 0 Å². The molecule has 0 saturated heterocycles. The summed E-state index contributed by atoms with van der Waals surface area (Å²) in [5.41, 5.74) is 1.38. The van der Waals surface area contributed by atoms with Gasteiger partial charge in [-0.1, -0.05) is 27.7 Å². The molecular weight excluding hydrogens is 263 g/mol. The maximum Gasteiger partial charge on any atom is 1.00 e. The second-order valence-corrected chi connectivity index (χ2v) is 11.0. The molecule has 0 N–H and O–H groups in total. The third-order valence-corrected chi connectivity index (χ3v) is 7.91. The van der Waals surface area contributed by atoms with Gasteiger partial charge >= 0.3 is 24.8 Å². The van der Waals surface area contributed by atoms with Crippen molar-refractivity contribution in [3.63, 3.8) is 0 Å². The Hall–Kier alpha value is -0.696. The van der Waals surface area contributed by atoms with Gasteiger partial charge in [0.1, 0.15) is 0 Å². The standard InChI is InChI=1S/C15H23O3Si.Li/c1-11-8-12(14(16)17-5)10-13(9-11)18-19(6,7)15(2,3)4;/h8,10H,1-7H3;/q-1;+1. The van der Waals surface area contributed by atoms with Crippen molar-refractivity contribution in [2.75, 3.05) is 7.11 Å². The first-order valence-electron chi connectivity index (χ1n) is 6.38. The summed E-state index contributed by atoms with van der Waals surface area (Å²) in [4.78, 5) is 11.6. The number of esters is 1. The van der Waals surface area contributed by atoms with Gasteiger partial charge in [-0.05, 0) is 29.4 Å². The second kappa shape index (κ2) is 6.84. The van der Waals surface area contributed by atoms with Crippen LogP contribution in [0.1, 0.15) is 36.7 Å². The van der Waals surface area contributed by atoms with Gasteiger partial charge in [0.05, 0.1) is 7.11 Å². The van der Waals surface area contributed by atoms with Crippen LogP contribution in [0, 0.1) is 13.0 Å². The molecule has 0 atom stereocenters. The van der Waals surface area contributed by atoms with E-state index in [1.165, 1.54) is 7.11 Å². The van der Waals surface area contributed by atoms with E-state index in [0.29, 0.717) is 11.3 Å². The number of methoxy groups -OCH3 is 1. The molecule has 0 aliphatic carbocycles. The number of hydrogen-bond donors (Lipinski definition) is 0. The summed E-state index contributed by atoms with van der Waals surface area (Å²) < 4.78 is 10.9. The molecule has 0 radical (unpaired) electrons. The summed E-state index contributed by atoms with van der Waals surface area (Å²) in [6.07, 6.45) is 0. The van der Waals surface area contributed by atoms with Gasteiger partial charge in [0.2, 0.25) is 8.32 Å². The molecule has 0 unspecified atom stereocenters. The zero-order valence-electron chi connectivity index (χ0n) is 13.9. The molecule has 0 saturated carbocycles. The normalized spacial score (nSPS) is 11.6. The topological polar surface area (TPSA) is 35.5 Å². The van der Waals surface area contributed by atoms with Crippen LogP contribution in [0.4, 0.5) is 0 Å². The Kier molecular flexibility index (Phi) is 6.60. The van der Waals surface area contributed by atoms with E-state index < -0.39 is 8.32 Å². The Labute approximate surface area is 135 Å². The first-order chi connectivity index (χ1) is 8.56. The van der Waals surface area contributed by atoms with Crippen LogP contribution in [0.2, 0.25) is 18.1 Å². The molecule has 0 amide bonds. The molecule has 0 fully saturated rings. The molecule has 5 heteroatoms. The fourth-order valence-electron chi connectivity index (χ4n) is 1.40. The van der Waals surface area contributed by atoms with Gasteiger partial charge in [0.25, 0.3) is 0 Å². The van der Waals surface area contributed by atoms with Crippen LogP contribution < -0.4 is 23.3 Å². The van der Waals surface area contributed by atoms with E-state index in [0.717, 1.165) is 5.56 Å². The van der Waals surface area contributed by atoms with Gasteiger partial charge in [0, 0.05) is 0 Å². The monoisotopic (exact) mass is 286 g/mol. The van der Waals surface area contributed by atoms with E-state index in [2.05, 4.69) is 39.9 Å². The SMILES string of the molecule is COC(=O)c1cc(C)[c-]c(O[Si](C)(C)C(C)(C)C)c1.[Li+]. The minimum atomic E-state index is -1.92. The average molecular weight is 286 g/mol. The fraction of sp³-hybridized carbons (Fsp3) is 0.533. The number of ether oxygens (including phenoxy) is 1. The van der Waals surface area contributed by atoms with Gasteiger partial charge < -0.3 is 9.16 Å². The van der Waals surface area contributed by atoms with Crippen LogP contribution in [0.15, 0.2) is 12.1 Å². The van der Waals surface area contributed by atoms with E-state index >= 15 is 0 Å². The second-order valence-electron chi connectivity index (χ2n) is 6.27. The number of aryl methyl sites for hydroxylation is 1. The molecule has 20 heavy (non-hydrogen) atoms. The number of rotatable bonds is 3. The van der Waals surface area contributed by atoms with Crippen molar-refractivity contribution in [3.8, 4) is 5.75 Å². The summed E-state index contributed by atoms with van der Waals surface area (Å²) in [7, 11) is -0.542. The molecule has 1 aromatic rings. The van der Waals surface area contributed by atoms with Crippen molar-refractivity contribution in [1.82, 2.24) is 0 Å². The molecule has 1 aromatic carbocycles. The van der Waals surface area contributed by atoms with E-state index in [4.69, 9.17) is 9.16 Å². The number of hydrogen-bond acceptors (Lipinski definition) is 3. The Morgan fingerprint density at radius 2 is 1.80 bits per heavy atom. The molecule has 106 valence electrons. The third kappa shape index (κ3) is 4.69. The van der Waals surface area contributed by atoms with E-state index in [-0.39, 0.29) is 29.9 Å². The zero-order valence-corrected chi connectivity index (χ0v) is 14.9. The molecule has 0 aromatic heterocycles. The average Bonchev–Trinajstić information content (AvgIpc) is 2.24. The smallest absolute Gasteiger partial charge is 0.564 e. The first kappa shape index (κ1) is 19.3. The van der Waals surface area contributed by atoms with Crippen molar-refractivity contribution < 1.29 is 32.8 Å². The van der Waals surface area contributed by atoms with Gasteiger partial charge in [-0.25, -0.2) is 4.79 Å². The molecule has 0 spiro atoms. The van der Waals surface area contributed by atoms with Crippen LogP contribution in [-0.2, 0) is 4.74 Å².